The van der Waals surface area contributed by atoms with E-state index >= 15 is 0 Å². The molecule has 0 aliphatic rings. The highest BCUT2D eigenvalue weighted by Crippen LogP contribution is 2.14. The molecule has 0 rings (SSSR count). The Morgan fingerprint density at radius 2 is 0.672 bits per heavy atom. The maximum atomic E-state index is 12.7. The molecule has 0 bridgehead atoms. The van der Waals surface area contributed by atoms with Crippen molar-refractivity contribution >= 4 is 17.9 Å². The molecule has 0 fully saturated rings. The van der Waals surface area contributed by atoms with E-state index in [1.807, 2.05) is 0 Å². The molecule has 334 valence electrons. The summed E-state index contributed by atoms with van der Waals surface area (Å²) in [6.45, 7) is 6.39. The lowest BCUT2D eigenvalue weighted by Gasteiger charge is -2.18. The zero-order valence-corrected chi connectivity index (χ0v) is 38.0. The van der Waals surface area contributed by atoms with Crippen molar-refractivity contribution in [3.05, 3.63) is 60.8 Å². The van der Waals surface area contributed by atoms with Gasteiger partial charge in [0.05, 0.1) is 0 Å². The Labute approximate surface area is 358 Å². The van der Waals surface area contributed by atoms with Crippen molar-refractivity contribution in [3.63, 3.8) is 0 Å². The number of hydrogen-bond acceptors (Lipinski definition) is 6. The molecule has 0 aromatic carbocycles. The summed E-state index contributed by atoms with van der Waals surface area (Å²) in [5.41, 5.74) is 0. The van der Waals surface area contributed by atoms with Crippen molar-refractivity contribution in [2.75, 3.05) is 13.2 Å². The number of carbonyl (C=O) groups is 3. The van der Waals surface area contributed by atoms with Crippen LogP contribution in [0.4, 0.5) is 0 Å². The van der Waals surface area contributed by atoms with Crippen LogP contribution in [0.25, 0.3) is 0 Å². The van der Waals surface area contributed by atoms with Crippen LogP contribution in [-0.2, 0) is 28.6 Å². The number of allylic oxidation sites excluding steroid dienone is 10. The maximum Gasteiger partial charge on any atom is 0.306 e. The van der Waals surface area contributed by atoms with Gasteiger partial charge in [0.25, 0.3) is 0 Å². The zero-order valence-electron chi connectivity index (χ0n) is 38.0. The quantitative estimate of drug-likeness (QED) is 0.0264. The Bertz CT molecular complexity index is 1070. The van der Waals surface area contributed by atoms with E-state index < -0.39 is 6.10 Å². The third kappa shape index (κ3) is 44.2. The van der Waals surface area contributed by atoms with Gasteiger partial charge in [-0.1, -0.05) is 197 Å². The molecule has 0 N–H and O–H groups in total. The molecule has 0 spiro atoms. The minimum absolute atomic E-state index is 0.0829. The Balaban J connectivity index is 4.39. The van der Waals surface area contributed by atoms with Gasteiger partial charge in [0.15, 0.2) is 6.10 Å². The van der Waals surface area contributed by atoms with Gasteiger partial charge in [-0.2, -0.15) is 0 Å². The molecule has 0 aliphatic heterocycles. The van der Waals surface area contributed by atoms with E-state index in [0.29, 0.717) is 19.3 Å². The fourth-order valence-corrected chi connectivity index (χ4v) is 6.67. The van der Waals surface area contributed by atoms with Crippen LogP contribution in [0.3, 0.4) is 0 Å². The average Bonchev–Trinajstić information content (AvgIpc) is 3.22. The van der Waals surface area contributed by atoms with Crippen molar-refractivity contribution in [3.8, 4) is 0 Å². The number of hydrogen-bond donors (Lipinski definition) is 0. The van der Waals surface area contributed by atoms with E-state index in [2.05, 4.69) is 81.5 Å². The highest BCUT2D eigenvalue weighted by molar-refractivity contribution is 5.71. The molecule has 0 aliphatic carbocycles. The summed E-state index contributed by atoms with van der Waals surface area (Å²) in [5, 5.41) is 0. The molecule has 6 heteroatoms. The third-order valence-corrected chi connectivity index (χ3v) is 10.3. The predicted octanol–water partition coefficient (Wildman–Crippen LogP) is 15.7. The maximum absolute atomic E-state index is 12.7. The second kappa shape index (κ2) is 46.8. The highest BCUT2D eigenvalue weighted by Gasteiger charge is 2.19. The normalized spacial score (nSPS) is 12.5. The molecule has 58 heavy (non-hydrogen) atoms. The third-order valence-electron chi connectivity index (χ3n) is 10.3. The molecule has 0 saturated heterocycles. The van der Waals surface area contributed by atoms with Crippen LogP contribution in [0, 0.1) is 0 Å². The smallest absolute Gasteiger partial charge is 0.306 e. The van der Waals surface area contributed by atoms with E-state index in [-0.39, 0.29) is 31.1 Å². The van der Waals surface area contributed by atoms with Crippen molar-refractivity contribution in [2.24, 2.45) is 0 Å². The topological polar surface area (TPSA) is 78.9 Å². The number of carbonyl (C=O) groups excluding carboxylic acids is 3. The molecule has 0 saturated carbocycles. The van der Waals surface area contributed by atoms with Gasteiger partial charge < -0.3 is 14.2 Å². The first-order chi connectivity index (χ1) is 28.5. The fraction of sp³-hybridized carbons (Fsp3) is 0.750. The van der Waals surface area contributed by atoms with Crippen molar-refractivity contribution in [1.29, 1.82) is 0 Å². The lowest BCUT2D eigenvalue weighted by atomic mass is 10.0. The van der Waals surface area contributed by atoms with Crippen molar-refractivity contribution < 1.29 is 28.6 Å². The first-order valence-corrected chi connectivity index (χ1v) is 24.3. The van der Waals surface area contributed by atoms with E-state index in [0.717, 1.165) is 116 Å². The van der Waals surface area contributed by atoms with Crippen molar-refractivity contribution in [2.45, 2.75) is 239 Å². The van der Waals surface area contributed by atoms with Gasteiger partial charge in [-0.05, 0) is 77.0 Å². The molecular weight excluding hydrogens is 721 g/mol. The number of rotatable bonds is 43. The minimum atomic E-state index is -0.783. The molecule has 0 amide bonds. The van der Waals surface area contributed by atoms with Crippen LogP contribution in [-0.4, -0.2) is 37.2 Å². The summed E-state index contributed by atoms with van der Waals surface area (Å²) in [5.74, 6) is -0.911. The van der Waals surface area contributed by atoms with Crippen LogP contribution in [0.1, 0.15) is 233 Å². The lowest BCUT2D eigenvalue weighted by Crippen LogP contribution is -2.30. The largest absolute Gasteiger partial charge is 0.462 e. The molecule has 0 radical (unpaired) electrons. The Hall–Kier alpha value is -2.89. The first kappa shape index (κ1) is 55.1. The van der Waals surface area contributed by atoms with Crippen molar-refractivity contribution in [1.82, 2.24) is 0 Å². The highest BCUT2D eigenvalue weighted by atomic mass is 16.6. The zero-order chi connectivity index (χ0) is 42.3. The van der Waals surface area contributed by atoms with Gasteiger partial charge in [0, 0.05) is 19.3 Å². The fourth-order valence-electron chi connectivity index (χ4n) is 6.67. The second-order valence-electron chi connectivity index (χ2n) is 16.0. The lowest BCUT2D eigenvalue weighted by molar-refractivity contribution is -0.167. The number of unbranched alkanes of at least 4 members (excludes halogenated alkanes) is 22. The molecule has 1 unspecified atom stereocenters. The summed E-state index contributed by atoms with van der Waals surface area (Å²) in [7, 11) is 0. The summed E-state index contributed by atoms with van der Waals surface area (Å²) >= 11 is 0. The first-order valence-electron chi connectivity index (χ1n) is 24.3. The molecule has 6 nitrogen and oxygen atoms in total. The van der Waals surface area contributed by atoms with Gasteiger partial charge in [-0.3, -0.25) is 14.4 Å². The monoisotopic (exact) mass is 811 g/mol. The molecule has 0 aromatic rings. The molecule has 0 aromatic heterocycles. The SMILES string of the molecule is CC/C=C\C/C=C\C/C=C\CCCCCCCCC(=O)OCC(COC(=O)CCCCCCCCCCCCCC)OC(=O)CCCCCCC/C=C\C/C=C\CC. The van der Waals surface area contributed by atoms with E-state index in [4.69, 9.17) is 14.2 Å². The van der Waals surface area contributed by atoms with Gasteiger partial charge in [-0.25, -0.2) is 0 Å². The van der Waals surface area contributed by atoms with Gasteiger partial charge in [0.1, 0.15) is 13.2 Å². The van der Waals surface area contributed by atoms with Crippen LogP contribution < -0.4 is 0 Å². The Morgan fingerprint density at radius 3 is 1.05 bits per heavy atom. The Kier molecular flexibility index (Phi) is 44.5. The van der Waals surface area contributed by atoms with E-state index in [1.54, 1.807) is 0 Å². The predicted molar refractivity (Wildman–Crippen MR) is 247 cm³/mol. The van der Waals surface area contributed by atoms with E-state index in [1.165, 1.54) is 77.0 Å². The summed E-state index contributed by atoms with van der Waals surface area (Å²) in [6, 6.07) is 0. The number of esters is 3. The van der Waals surface area contributed by atoms with Gasteiger partial charge in [0.2, 0.25) is 0 Å². The number of ether oxygens (including phenoxy) is 3. The summed E-state index contributed by atoms with van der Waals surface area (Å²) in [6.07, 6.45) is 56.3. The average molecular weight is 811 g/mol. The summed E-state index contributed by atoms with van der Waals surface area (Å²) in [4.78, 5) is 37.8. The standard InChI is InChI=1S/C52H90O6/c1-4-7-10-13-16-19-22-25-26-27-28-31-33-36-39-42-45-51(54)57-48-49(58-52(55)46-43-40-37-34-30-24-21-18-15-12-9-6-3)47-56-50(53)44-41-38-35-32-29-23-20-17-14-11-8-5-2/h7,9-10,12,16,18-19,21,25-26,49H,4-6,8,11,13-15,17,20,22-24,27-48H2,1-3H3/b10-7-,12-9-,19-16-,21-18-,26-25-. The van der Waals surface area contributed by atoms with Crippen LogP contribution >= 0.6 is 0 Å². The summed E-state index contributed by atoms with van der Waals surface area (Å²) < 4.78 is 16.7. The Morgan fingerprint density at radius 1 is 0.362 bits per heavy atom. The van der Waals surface area contributed by atoms with Crippen LogP contribution in [0.2, 0.25) is 0 Å². The van der Waals surface area contributed by atoms with Crippen LogP contribution in [0.5, 0.6) is 0 Å². The van der Waals surface area contributed by atoms with Gasteiger partial charge >= 0.3 is 17.9 Å². The minimum Gasteiger partial charge on any atom is -0.462 e. The van der Waals surface area contributed by atoms with E-state index in [9.17, 15) is 14.4 Å². The molecular formula is C52H90O6. The second-order valence-corrected chi connectivity index (χ2v) is 16.0. The van der Waals surface area contributed by atoms with Crippen LogP contribution in [0.15, 0.2) is 60.8 Å². The molecule has 0 heterocycles. The van der Waals surface area contributed by atoms with Gasteiger partial charge in [-0.15, -0.1) is 0 Å². The molecule has 1 atom stereocenters.